The maximum atomic E-state index is 13.1. The first-order valence-corrected chi connectivity index (χ1v) is 9.25. The summed E-state index contributed by atoms with van der Waals surface area (Å²) in [5.41, 5.74) is -0.392. The summed E-state index contributed by atoms with van der Waals surface area (Å²) >= 11 is 0. The summed E-state index contributed by atoms with van der Waals surface area (Å²) < 4.78 is 39.3. The van der Waals surface area contributed by atoms with Crippen molar-refractivity contribution in [1.29, 1.82) is 0 Å². The van der Waals surface area contributed by atoms with Crippen molar-refractivity contribution in [3.63, 3.8) is 0 Å². The molecule has 4 nitrogen and oxygen atoms in total. The summed E-state index contributed by atoms with van der Waals surface area (Å²) in [5, 5.41) is 2.90. The Bertz CT molecular complexity index is 730. The van der Waals surface area contributed by atoms with Crippen molar-refractivity contribution in [2.45, 2.75) is 44.3 Å². The first-order chi connectivity index (χ1) is 12.8. The largest absolute Gasteiger partial charge is 0.416 e. The van der Waals surface area contributed by atoms with E-state index >= 15 is 0 Å². The van der Waals surface area contributed by atoms with Gasteiger partial charge in [-0.2, -0.15) is 13.2 Å². The fourth-order valence-corrected chi connectivity index (χ4v) is 3.60. The highest BCUT2D eigenvalue weighted by atomic mass is 19.4. The van der Waals surface area contributed by atoms with Crippen LogP contribution in [0.2, 0.25) is 0 Å². The van der Waals surface area contributed by atoms with Crippen molar-refractivity contribution >= 4 is 11.8 Å². The number of nitrogens with zero attached hydrogens (tertiary/aromatic N) is 1. The lowest BCUT2D eigenvalue weighted by Gasteiger charge is -2.28. The molecule has 2 atom stereocenters. The summed E-state index contributed by atoms with van der Waals surface area (Å²) in [4.78, 5) is 26.2. The lowest BCUT2D eigenvalue weighted by Crippen LogP contribution is -2.41. The molecular formula is C20H23F3N2O2. The lowest BCUT2D eigenvalue weighted by atomic mass is 9.93. The molecule has 27 heavy (non-hydrogen) atoms. The fraction of sp³-hybridized carbons (Fsp3) is 0.500. The average molecular weight is 380 g/mol. The Morgan fingerprint density at radius 2 is 2.11 bits per heavy atom. The third-order valence-electron chi connectivity index (χ3n) is 5.15. The van der Waals surface area contributed by atoms with E-state index in [-0.39, 0.29) is 24.3 Å². The summed E-state index contributed by atoms with van der Waals surface area (Å²) in [6.07, 6.45) is 2.86. The predicted octanol–water partition coefficient (Wildman–Crippen LogP) is 3.84. The molecule has 3 rings (SSSR count). The van der Waals surface area contributed by atoms with Gasteiger partial charge in [-0.05, 0) is 43.4 Å². The van der Waals surface area contributed by atoms with E-state index in [1.54, 1.807) is 11.0 Å². The Hall–Kier alpha value is -2.31. The van der Waals surface area contributed by atoms with Gasteiger partial charge < -0.3 is 10.2 Å². The van der Waals surface area contributed by atoms with Gasteiger partial charge in [-0.25, -0.2) is 0 Å². The molecule has 1 aromatic carbocycles. The van der Waals surface area contributed by atoms with Gasteiger partial charge in [0, 0.05) is 25.4 Å². The van der Waals surface area contributed by atoms with Crippen LogP contribution in [0.15, 0.2) is 36.4 Å². The topological polar surface area (TPSA) is 49.4 Å². The number of carbonyl (C=O) groups is 2. The molecule has 0 radical (unpaired) electrons. The molecule has 1 aromatic rings. The number of rotatable bonds is 5. The Kier molecular flexibility index (Phi) is 5.87. The van der Waals surface area contributed by atoms with E-state index < -0.39 is 17.8 Å². The first kappa shape index (κ1) is 19.5. The zero-order valence-electron chi connectivity index (χ0n) is 15.0. The molecule has 0 spiro atoms. The average Bonchev–Trinajstić information content (AvgIpc) is 3.06. The molecule has 0 bridgehead atoms. The van der Waals surface area contributed by atoms with E-state index in [1.165, 1.54) is 6.07 Å². The van der Waals surface area contributed by atoms with Crippen LogP contribution in [0.25, 0.3) is 0 Å². The summed E-state index contributed by atoms with van der Waals surface area (Å²) in [6.45, 7) is 0.755. The zero-order valence-corrected chi connectivity index (χ0v) is 15.0. The van der Waals surface area contributed by atoms with Gasteiger partial charge >= 0.3 is 6.18 Å². The number of carbonyl (C=O) groups excluding carboxylic acids is 2. The van der Waals surface area contributed by atoms with E-state index in [4.69, 9.17) is 0 Å². The van der Waals surface area contributed by atoms with Gasteiger partial charge in [-0.15, -0.1) is 0 Å². The maximum Gasteiger partial charge on any atom is 0.416 e. The van der Waals surface area contributed by atoms with E-state index in [0.29, 0.717) is 24.9 Å². The molecule has 0 unspecified atom stereocenters. The van der Waals surface area contributed by atoms with Crippen molar-refractivity contribution in [2.75, 3.05) is 13.1 Å². The number of benzene rings is 1. The quantitative estimate of drug-likeness (QED) is 0.789. The zero-order chi connectivity index (χ0) is 19.4. The lowest BCUT2D eigenvalue weighted by molar-refractivity contribution is -0.137. The molecule has 0 saturated carbocycles. The van der Waals surface area contributed by atoms with E-state index in [9.17, 15) is 22.8 Å². The van der Waals surface area contributed by atoms with Crippen molar-refractivity contribution in [3.05, 3.63) is 47.5 Å². The Balaban J connectivity index is 1.81. The van der Waals surface area contributed by atoms with Crippen LogP contribution in [-0.2, 0) is 15.8 Å². The van der Waals surface area contributed by atoms with Gasteiger partial charge in [0.15, 0.2) is 0 Å². The fourth-order valence-electron chi connectivity index (χ4n) is 3.60. The van der Waals surface area contributed by atoms with Crippen molar-refractivity contribution in [3.8, 4) is 0 Å². The normalized spacial score (nSPS) is 21.4. The minimum absolute atomic E-state index is 0.0261. The molecule has 1 heterocycles. The number of alkyl halides is 3. The molecule has 1 saturated heterocycles. The molecule has 1 N–H and O–H groups in total. The second kappa shape index (κ2) is 8.15. The number of nitrogens with one attached hydrogen (secondary N) is 1. The number of allylic oxidation sites excluding steroid dienone is 2. The van der Waals surface area contributed by atoms with E-state index in [2.05, 4.69) is 5.32 Å². The van der Waals surface area contributed by atoms with E-state index in [1.807, 2.05) is 12.2 Å². The molecule has 0 aromatic heterocycles. The molecule has 1 fully saturated rings. The van der Waals surface area contributed by atoms with Crippen LogP contribution < -0.4 is 5.32 Å². The van der Waals surface area contributed by atoms with Crippen molar-refractivity contribution in [2.24, 2.45) is 5.92 Å². The van der Waals surface area contributed by atoms with Gasteiger partial charge in [-0.3, -0.25) is 9.59 Å². The van der Waals surface area contributed by atoms with Crippen LogP contribution in [0, 0.1) is 5.92 Å². The Morgan fingerprint density at radius 3 is 2.74 bits per heavy atom. The van der Waals surface area contributed by atoms with Crippen LogP contribution in [0.1, 0.15) is 49.3 Å². The SMILES string of the molecule is O=C(N[C@H](CN1CCCC1=O)c1cccc(C(F)(F)F)c1)[C@@H]1CC=CCC1. The highest BCUT2D eigenvalue weighted by Gasteiger charge is 2.32. The monoisotopic (exact) mass is 380 g/mol. The number of hydrogen-bond donors (Lipinski definition) is 1. The van der Waals surface area contributed by atoms with Crippen molar-refractivity contribution < 1.29 is 22.8 Å². The second-order valence-corrected chi connectivity index (χ2v) is 7.11. The number of halogens is 3. The highest BCUT2D eigenvalue weighted by Crippen LogP contribution is 2.31. The standard InChI is InChI=1S/C20H23F3N2O2/c21-20(22,23)16-9-4-8-15(12-16)17(13-25-11-5-10-18(25)26)24-19(27)14-6-2-1-3-7-14/h1-2,4,8-9,12,14,17H,3,5-7,10-11,13H2,(H,24,27)/t14-,17-/m1/s1. The van der Waals surface area contributed by atoms with Crippen molar-refractivity contribution in [1.82, 2.24) is 10.2 Å². The second-order valence-electron chi connectivity index (χ2n) is 7.11. The van der Waals surface area contributed by atoms with Crippen LogP contribution in [0.3, 0.4) is 0 Å². The number of likely N-dealkylation sites (tertiary alicyclic amines) is 1. The minimum Gasteiger partial charge on any atom is -0.347 e. The minimum atomic E-state index is -4.46. The molecule has 2 amide bonds. The Morgan fingerprint density at radius 1 is 1.30 bits per heavy atom. The highest BCUT2D eigenvalue weighted by molar-refractivity contribution is 5.80. The summed E-state index contributed by atoms with van der Waals surface area (Å²) in [7, 11) is 0. The molecule has 2 aliphatic rings. The van der Waals surface area contributed by atoms with E-state index in [0.717, 1.165) is 31.4 Å². The molecule has 1 aliphatic heterocycles. The predicted molar refractivity (Wildman–Crippen MR) is 94.6 cm³/mol. The molecule has 146 valence electrons. The van der Waals surface area contributed by atoms with Crippen LogP contribution in [0.5, 0.6) is 0 Å². The third kappa shape index (κ3) is 4.90. The van der Waals surface area contributed by atoms with Gasteiger partial charge in [0.05, 0.1) is 11.6 Å². The van der Waals surface area contributed by atoms with Crippen LogP contribution >= 0.6 is 0 Å². The molecule has 7 heteroatoms. The van der Waals surface area contributed by atoms with Crippen LogP contribution in [0.4, 0.5) is 13.2 Å². The van der Waals surface area contributed by atoms with Crippen LogP contribution in [-0.4, -0.2) is 29.8 Å². The number of hydrogen-bond acceptors (Lipinski definition) is 2. The third-order valence-corrected chi connectivity index (χ3v) is 5.15. The molecule has 1 aliphatic carbocycles. The number of amides is 2. The molecular weight excluding hydrogens is 357 g/mol. The smallest absolute Gasteiger partial charge is 0.347 e. The van der Waals surface area contributed by atoms with Gasteiger partial charge in [-0.1, -0.05) is 24.3 Å². The Labute approximate surface area is 156 Å². The van der Waals surface area contributed by atoms with Gasteiger partial charge in [0.2, 0.25) is 11.8 Å². The first-order valence-electron chi connectivity index (χ1n) is 9.25. The van der Waals surface area contributed by atoms with Gasteiger partial charge in [0.1, 0.15) is 0 Å². The summed E-state index contributed by atoms with van der Waals surface area (Å²) in [5.74, 6) is -0.382. The summed E-state index contributed by atoms with van der Waals surface area (Å²) in [6, 6.07) is 4.32. The maximum absolute atomic E-state index is 13.1. The van der Waals surface area contributed by atoms with Gasteiger partial charge in [0.25, 0.3) is 0 Å².